The molecule has 0 aliphatic carbocycles. The maximum atomic E-state index is 11.6. The summed E-state index contributed by atoms with van der Waals surface area (Å²) in [4.78, 5) is 19.3. The summed E-state index contributed by atoms with van der Waals surface area (Å²) in [5.74, 6) is -0.0384. The van der Waals surface area contributed by atoms with E-state index in [1.54, 1.807) is 6.07 Å². The first-order valence-electron chi connectivity index (χ1n) is 5.31. The Morgan fingerprint density at radius 1 is 1.22 bits per heavy atom. The highest BCUT2D eigenvalue weighted by Gasteiger charge is 2.04. The lowest BCUT2D eigenvalue weighted by Gasteiger charge is -2.06. The molecule has 0 radical (unpaired) electrons. The van der Waals surface area contributed by atoms with E-state index < -0.39 is 0 Å². The minimum Gasteiger partial charge on any atom is -0.376 e. The van der Waals surface area contributed by atoms with Crippen molar-refractivity contribution in [2.24, 2.45) is 0 Å². The van der Waals surface area contributed by atoms with E-state index in [1.165, 1.54) is 6.20 Å². The van der Waals surface area contributed by atoms with E-state index in [0.717, 1.165) is 5.69 Å². The number of nitrogens with zero attached hydrogens (tertiary/aromatic N) is 2. The highest BCUT2D eigenvalue weighted by molar-refractivity contribution is 6.29. The molecule has 0 saturated carbocycles. The summed E-state index contributed by atoms with van der Waals surface area (Å²) in [6, 6.07) is 11.0. The SMILES string of the molecule is O=C(CNc1ccccc1)Nc1nccc(Cl)n1. The van der Waals surface area contributed by atoms with Crippen LogP contribution < -0.4 is 10.6 Å². The molecule has 1 aromatic carbocycles. The molecule has 0 saturated heterocycles. The van der Waals surface area contributed by atoms with Gasteiger partial charge in [-0.1, -0.05) is 29.8 Å². The third-order valence-corrected chi connectivity index (χ3v) is 2.31. The summed E-state index contributed by atoms with van der Waals surface area (Å²) in [6.45, 7) is 0.139. The molecule has 0 spiro atoms. The Morgan fingerprint density at radius 2 is 2.00 bits per heavy atom. The summed E-state index contributed by atoms with van der Waals surface area (Å²) in [6.07, 6.45) is 1.48. The fraction of sp³-hybridized carbons (Fsp3) is 0.0833. The van der Waals surface area contributed by atoms with Crippen molar-refractivity contribution in [2.75, 3.05) is 17.2 Å². The normalized spacial score (nSPS) is 9.83. The zero-order chi connectivity index (χ0) is 12.8. The van der Waals surface area contributed by atoms with Crippen molar-refractivity contribution in [1.82, 2.24) is 9.97 Å². The van der Waals surface area contributed by atoms with Crippen LogP contribution in [0, 0.1) is 0 Å². The first kappa shape index (κ1) is 12.3. The van der Waals surface area contributed by atoms with Gasteiger partial charge in [-0.3, -0.25) is 10.1 Å². The number of hydrogen-bond acceptors (Lipinski definition) is 4. The number of carbonyl (C=O) groups excluding carboxylic acids is 1. The second-order valence-electron chi connectivity index (χ2n) is 3.47. The van der Waals surface area contributed by atoms with E-state index in [4.69, 9.17) is 11.6 Å². The zero-order valence-corrected chi connectivity index (χ0v) is 10.2. The number of amides is 1. The number of benzene rings is 1. The van der Waals surface area contributed by atoms with Gasteiger partial charge >= 0.3 is 0 Å². The molecule has 0 aliphatic heterocycles. The van der Waals surface area contributed by atoms with Gasteiger partial charge in [-0.15, -0.1) is 0 Å². The molecule has 2 aromatic rings. The van der Waals surface area contributed by atoms with E-state index in [1.807, 2.05) is 30.3 Å². The molecule has 1 heterocycles. The van der Waals surface area contributed by atoms with Crippen LogP contribution >= 0.6 is 11.6 Å². The minimum absolute atomic E-state index is 0.139. The molecule has 92 valence electrons. The summed E-state index contributed by atoms with van der Waals surface area (Å²) in [7, 11) is 0. The molecule has 0 fully saturated rings. The maximum absolute atomic E-state index is 11.6. The largest absolute Gasteiger partial charge is 0.376 e. The van der Waals surface area contributed by atoms with Crippen molar-refractivity contribution in [3.05, 3.63) is 47.7 Å². The summed E-state index contributed by atoms with van der Waals surface area (Å²) >= 11 is 5.68. The van der Waals surface area contributed by atoms with Crippen molar-refractivity contribution >= 4 is 29.1 Å². The van der Waals surface area contributed by atoms with Crippen LogP contribution in [-0.4, -0.2) is 22.4 Å². The van der Waals surface area contributed by atoms with Gasteiger partial charge in [-0.05, 0) is 18.2 Å². The van der Waals surface area contributed by atoms with Crippen LogP contribution in [0.2, 0.25) is 5.15 Å². The van der Waals surface area contributed by atoms with Crippen molar-refractivity contribution in [3.8, 4) is 0 Å². The maximum Gasteiger partial charge on any atom is 0.246 e. The molecule has 1 amide bonds. The van der Waals surface area contributed by atoms with Crippen LogP contribution in [-0.2, 0) is 4.79 Å². The number of para-hydroxylation sites is 1. The highest BCUT2D eigenvalue weighted by atomic mass is 35.5. The molecule has 0 unspecified atom stereocenters. The average Bonchev–Trinajstić information content (AvgIpc) is 2.38. The number of hydrogen-bond donors (Lipinski definition) is 2. The second kappa shape index (κ2) is 5.97. The monoisotopic (exact) mass is 262 g/mol. The fourth-order valence-corrected chi connectivity index (χ4v) is 1.44. The third-order valence-electron chi connectivity index (χ3n) is 2.10. The third kappa shape index (κ3) is 3.71. The van der Waals surface area contributed by atoms with Crippen LogP contribution in [0.15, 0.2) is 42.6 Å². The molecule has 6 heteroatoms. The molecule has 5 nitrogen and oxygen atoms in total. The molecular weight excluding hydrogens is 252 g/mol. The lowest BCUT2D eigenvalue weighted by Crippen LogP contribution is -2.22. The Kier molecular flexibility index (Phi) is 4.09. The predicted molar refractivity (Wildman–Crippen MR) is 70.6 cm³/mol. The number of nitrogens with one attached hydrogen (secondary N) is 2. The number of rotatable bonds is 4. The van der Waals surface area contributed by atoms with Crippen LogP contribution in [0.3, 0.4) is 0 Å². The number of anilines is 2. The molecule has 0 bridgehead atoms. The van der Waals surface area contributed by atoms with Gasteiger partial charge in [0.15, 0.2) is 0 Å². The minimum atomic E-state index is -0.235. The summed E-state index contributed by atoms with van der Waals surface area (Å²) in [5, 5.41) is 5.81. The van der Waals surface area contributed by atoms with E-state index >= 15 is 0 Å². The average molecular weight is 263 g/mol. The van der Waals surface area contributed by atoms with Crippen molar-refractivity contribution < 1.29 is 4.79 Å². The van der Waals surface area contributed by atoms with Crippen LogP contribution in [0.25, 0.3) is 0 Å². The van der Waals surface area contributed by atoms with E-state index in [2.05, 4.69) is 20.6 Å². The zero-order valence-electron chi connectivity index (χ0n) is 9.43. The van der Waals surface area contributed by atoms with E-state index in [-0.39, 0.29) is 23.6 Å². The lowest BCUT2D eigenvalue weighted by molar-refractivity contribution is -0.114. The van der Waals surface area contributed by atoms with Crippen molar-refractivity contribution in [2.45, 2.75) is 0 Å². The quantitative estimate of drug-likeness (QED) is 0.829. The van der Waals surface area contributed by atoms with E-state index in [0.29, 0.717) is 0 Å². The highest BCUT2D eigenvalue weighted by Crippen LogP contribution is 2.06. The fourth-order valence-electron chi connectivity index (χ4n) is 1.30. The van der Waals surface area contributed by atoms with Crippen LogP contribution in [0.1, 0.15) is 0 Å². The van der Waals surface area contributed by atoms with Gasteiger partial charge < -0.3 is 5.32 Å². The standard InChI is InChI=1S/C12H11ClN4O/c13-10-6-7-14-12(16-10)17-11(18)8-15-9-4-2-1-3-5-9/h1-7,15H,8H2,(H,14,16,17,18). The van der Waals surface area contributed by atoms with Gasteiger partial charge in [-0.2, -0.15) is 0 Å². The Morgan fingerprint density at radius 3 is 2.72 bits per heavy atom. The number of aromatic nitrogens is 2. The van der Waals surface area contributed by atoms with Crippen LogP contribution in [0.5, 0.6) is 0 Å². The molecule has 18 heavy (non-hydrogen) atoms. The van der Waals surface area contributed by atoms with Gasteiger partial charge in [0.25, 0.3) is 0 Å². The Hall–Kier alpha value is -2.14. The molecule has 0 aliphatic rings. The topological polar surface area (TPSA) is 66.9 Å². The van der Waals surface area contributed by atoms with Gasteiger partial charge in [0, 0.05) is 11.9 Å². The Bertz CT molecular complexity index is 533. The van der Waals surface area contributed by atoms with Gasteiger partial charge in [0.1, 0.15) is 5.15 Å². The molecule has 2 N–H and O–H groups in total. The second-order valence-corrected chi connectivity index (χ2v) is 3.86. The molecule has 2 rings (SSSR count). The smallest absolute Gasteiger partial charge is 0.246 e. The van der Waals surface area contributed by atoms with Gasteiger partial charge in [0.2, 0.25) is 11.9 Å². The predicted octanol–water partition coefficient (Wildman–Crippen LogP) is 2.18. The number of halogens is 1. The molecule has 1 aromatic heterocycles. The van der Waals surface area contributed by atoms with Gasteiger partial charge in [-0.25, -0.2) is 9.97 Å². The lowest BCUT2D eigenvalue weighted by atomic mass is 10.3. The number of carbonyl (C=O) groups is 1. The summed E-state index contributed by atoms with van der Waals surface area (Å²) in [5.41, 5.74) is 0.875. The summed E-state index contributed by atoms with van der Waals surface area (Å²) < 4.78 is 0. The Labute approximate surface area is 109 Å². The van der Waals surface area contributed by atoms with Crippen LogP contribution in [0.4, 0.5) is 11.6 Å². The van der Waals surface area contributed by atoms with Crippen molar-refractivity contribution in [3.63, 3.8) is 0 Å². The first-order valence-corrected chi connectivity index (χ1v) is 5.69. The van der Waals surface area contributed by atoms with E-state index in [9.17, 15) is 4.79 Å². The van der Waals surface area contributed by atoms with Gasteiger partial charge in [0.05, 0.1) is 6.54 Å². The van der Waals surface area contributed by atoms with Crippen molar-refractivity contribution in [1.29, 1.82) is 0 Å². The molecular formula is C12H11ClN4O. The molecule has 0 atom stereocenters. The first-order chi connectivity index (χ1) is 8.74. The Balaban J connectivity index is 1.86.